The minimum Gasteiger partial charge on any atom is -0.495 e. The monoisotopic (exact) mass is 378 g/mol. The zero-order valence-electron chi connectivity index (χ0n) is 15.0. The number of nitriles is 1. The van der Waals surface area contributed by atoms with E-state index in [1.165, 1.54) is 20.1 Å². The molecule has 0 aliphatic carbocycles. The van der Waals surface area contributed by atoms with Crippen LogP contribution in [0.3, 0.4) is 0 Å². The fourth-order valence-corrected chi connectivity index (χ4v) is 3.62. The molecule has 0 fully saturated rings. The topological polar surface area (TPSA) is 119 Å². The number of sulfonamides is 1. The molecule has 2 aromatic rings. The van der Waals surface area contributed by atoms with E-state index < -0.39 is 16.0 Å². The molecule has 0 saturated heterocycles. The zero-order chi connectivity index (χ0) is 19.6. The molecule has 0 bridgehead atoms. The van der Waals surface area contributed by atoms with Gasteiger partial charge in [-0.1, -0.05) is 0 Å². The SMILES string of the molecule is COC(=O)c1c(C)oc(NS(=O)(=O)c2cc(C)c(C)cc2OC)c1C#N. The molecule has 138 valence electrons. The summed E-state index contributed by atoms with van der Waals surface area (Å²) in [5, 5.41) is 9.33. The third-order valence-electron chi connectivity index (χ3n) is 3.88. The lowest BCUT2D eigenvalue weighted by atomic mass is 10.1. The van der Waals surface area contributed by atoms with E-state index in [-0.39, 0.29) is 33.4 Å². The largest absolute Gasteiger partial charge is 0.495 e. The minimum absolute atomic E-state index is 0.0677. The van der Waals surface area contributed by atoms with E-state index in [9.17, 15) is 18.5 Å². The van der Waals surface area contributed by atoms with E-state index >= 15 is 0 Å². The fourth-order valence-electron chi connectivity index (χ4n) is 2.38. The average molecular weight is 378 g/mol. The van der Waals surface area contributed by atoms with Crippen molar-refractivity contribution in [2.75, 3.05) is 18.9 Å². The molecule has 8 nitrogen and oxygen atoms in total. The first-order valence-electron chi connectivity index (χ1n) is 7.46. The predicted molar refractivity (Wildman–Crippen MR) is 92.8 cm³/mol. The second kappa shape index (κ2) is 7.09. The van der Waals surface area contributed by atoms with Gasteiger partial charge in [-0.25, -0.2) is 17.9 Å². The van der Waals surface area contributed by atoms with E-state index in [0.29, 0.717) is 0 Å². The number of benzene rings is 1. The summed E-state index contributed by atoms with van der Waals surface area (Å²) in [6.07, 6.45) is 0. The highest BCUT2D eigenvalue weighted by molar-refractivity contribution is 7.92. The molecule has 1 aromatic heterocycles. The van der Waals surface area contributed by atoms with Gasteiger partial charge < -0.3 is 13.9 Å². The number of hydrogen-bond donors (Lipinski definition) is 1. The van der Waals surface area contributed by atoms with Gasteiger partial charge in [-0.05, 0) is 44.0 Å². The Balaban J connectivity index is 2.57. The number of esters is 1. The summed E-state index contributed by atoms with van der Waals surface area (Å²) < 4.78 is 42.9. The molecule has 0 unspecified atom stereocenters. The van der Waals surface area contributed by atoms with Crippen molar-refractivity contribution < 1.29 is 27.1 Å². The van der Waals surface area contributed by atoms with Gasteiger partial charge in [0.1, 0.15) is 33.6 Å². The second-order valence-corrected chi connectivity index (χ2v) is 7.18. The third-order valence-corrected chi connectivity index (χ3v) is 5.23. The third kappa shape index (κ3) is 3.36. The van der Waals surface area contributed by atoms with Crippen molar-refractivity contribution in [2.45, 2.75) is 25.7 Å². The van der Waals surface area contributed by atoms with Crippen LogP contribution in [0.5, 0.6) is 5.75 Å². The molecule has 1 heterocycles. The van der Waals surface area contributed by atoms with Gasteiger partial charge in [-0.15, -0.1) is 0 Å². The standard InChI is InChI=1S/C17H18N2O6S/c1-9-6-13(23-4)14(7-10(9)2)26(21,22)19-16-12(8-18)15(11(3)25-16)17(20)24-5/h6-7,19H,1-5H3. The summed E-state index contributed by atoms with van der Waals surface area (Å²) in [5.41, 5.74) is 1.23. The second-order valence-electron chi connectivity index (χ2n) is 5.53. The molecular weight excluding hydrogens is 360 g/mol. The lowest BCUT2D eigenvalue weighted by Gasteiger charge is -2.13. The zero-order valence-corrected chi connectivity index (χ0v) is 15.8. The first-order chi connectivity index (χ1) is 12.2. The van der Waals surface area contributed by atoms with Gasteiger partial charge in [0, 0.05) is 0 Å². The van der Waals surface area contributed by atoms with Crippen LogP contribution in [0.1, 0.15) is 32.8 Å². The Kier molecular flexibility index (Phi) is 5.28. The first kappa shape index (κ1) is 19.3. The number of carbonyl (C=O) groups is 1. The van der Waals surface area contributed by atoms with E-state index in [1.54, 1.807) is 19.1 Å². The summed E-state index contributed by atoms with van der Waals surface area (Å²) in [6, 6.07) is 4.83. The lowest BCUT2D eigenvalue weighted by molar-refractivity contribution is 0.0598. The number of ether oxygens (including phenoxy) is 2. The van der Waals surface area contributed by atoms with Crippen molar-refractivity contribution >= 4 is 21.9 Å². The summed E-state index contributed by atoms with van der Waals surface area (Å²) >= 11 is 0. The molecule has 1 N–H and O–H groups in total. The van der Waals surface area contributed by atoms with Crippen LogP contribution in [0.25, 0.3) is 0 Å². The molecule has 2 rings (SSSR count). The number of nitrogens with zero attached hydrogens (tertiary/aromatic N) is 1. The van der Waals surface area contributed by atoms with Crippen LogP contribution in [-0.2, 0) is 14.8 Å². The molecule has 0 aliphatic heterocycles. The van der Waals surface area contributed by atoms with Gasteiger partial charge in [0.25, 0.3) is 10.0 Å². The van der Waals surface area contributed by atoms with Crippen molar-refractivity contribution in [3.63, 3.8) is 0 Å². The molecule has 0 radical (unpaired) electrons. The average Bonchev–Trinajstić information content (AvgIpc) is 2.90. The maximum Gasteiger partial charge on any atom is 0.342 e. The number of nitrogens with one attached hydrogen (secondary N) is 1. The Morgan fingerprint density at radius 1 is 1.19 bits per heavy atom. The predicted octanol–water partition coefficient (Wildman–Crippen LogP) is 2.67. The number of carbonyl (C=O) groups excluding carboxylic acids is 1. The van der Waals surface area contributed by atoms with Crippen molar-refractivity contribution in [2.24, 2.45) is 0 Å². The van der Waals surface area contributed by atoms with E-state index in [4.69, 9.17) is 9.15 Å². The lowest BCUT2D eigenvalue weighted by Crippen LogP contribution is -2.15. The van der Waals surface area contributed by atoms with Crippen LogP contribution >= 0.6 is 0 Å². The molecule has 9 heteroatoms. The van der Waals surface area contributed by atoms with E-state index in [1.807, 2.05) is 6.92 Å². The summed E-state index contributed by atoms with van der Waals surface area (Å²) in [7, 11) is -1.63. The Morgan fingerprint density at radius 2 is 1.81 bits per heavy atom. The number of rotatable bonds is 5. The summed E-state index contributed by atoms with van der Waals surface area (Å²) in [6.45, 7) is 5.02. The molecule has 0 atom stereocenters. The van der Waals surface area contributed by atoms with Crippen molar-refractivity contribution in [3.05, 3.63) is 40.1 Å². The highest BCUT2D eigenvalue weighted by atomic mass is 32.2. The van der Waals surface area contributed by atoms with Crippen LogP contribution < -0.4 is 9.46 Å². The number of methoxy groups -OCH3 is 2. The van der Waals surface area contributed by atoms with Crippen LogP contribution in [0.4, 0.5) is 5.88 Å². The van der Waals surface area contributed by atoms with E-state index in [2.05, 4.69) is 9.46 Å². The normalized spacial score (nSPS) is 10.9. The van der Waals surface area contributed by atoms with Crippen molar-refractivity contribution in [1.82, 2.24) is 0 Å². The highest BCUT2D eigenvalue weighted by Gasteiger charge is 2.29. The maximum absolute atomic E-state index is 12.8. The Morgan fingerprint density at radius 3 is 2.35 bits per heavy atom. The van der Waals surface area contributed by atoms with E-state index in [0.717, 1.165) is 18.2 Å². The number of anilines is 1. The maximum atomic E-state index is 12.8. The van der Waals surface area contributed by atoms with Gasteiger partial charge in [-0.2, -0.15) is 5.26 Å². The highest BCUT2D eigenvalue weighted by Crippen LogP contribution is 2.32. The van der Waals surface area contributed by atoms with Crippen LogP contribution in [0, 0.1) is 32.1 Å². The molecular formula is C17H18N2O6S. The number of furan rings is 1. The van der Waals surface area contributed by atoms with Crippen molar-refractivity contribution in [1.29, 1.82) is 5.26 Å². The molecule has 26 heavy (non-hydrogen) atoms. The molecule has 0 aliphatic rings. The first-order valence-corrected chi connectivity index (χ1v) is 8.94. The van der Waals surface area contributed by atoms with Crippen molar-refractivity contribution in [3.8, 4) is 11.8 Å². The van der Waals surface area contributed by atoms with Crippen LogP contribution in [0.15, 0.2) is 21.4 Å². The molecule has 0 amide bonds. The van der Waals surface area contributed by atoms with Gasteiger partial charge in [0.2, 0.25) is 5.88 Å². The Hall–Kier alpha value is -2.99. The summed E-state index contributed by atoms with van der Waals surface area (Å²) in [4.78, 5) is 11.7. The summed E-state index contributed by atoms with van der Waals surface area (Å²) in [5.74, 6) is -0.934. The number of aryl methyl sites for hydroxylation is 3. The molecule has 0 saturated carbocycles. The quantitative estimate of drug-likeness (QED) is 0.794. The van der Waals surface area contributed by atoms with Crippen LogP contribution in [0.2, 0.25) is 0 Å². The molecule has 0 spiro atoms. The van der Waals surface area contributed by atoms with Gasteiger partial charge in [0.05, 0.1) is 14.2 Å². The Labute approximate surface area is 151 Å². The molecule has 1 aromatic carbocycles. The van der Waals surface area contributed by atoms with Gasteiger partial charge in [-0.3, -0.25) is 0 Å². The smallest absolute Gasteiger partial charge is 0.342 e. The number of hydrogen-bond acceptors (Lipinski definition) is 7. The van der Waals surface area contributed by atoms with Gasteiger partial charge in [0.15, 0.2) is 0 Å². The fraction of sp³-hybridized carbons (Fsp3) is 0.294. The Bertz CT molecular complexity index is 1010. The minimum atomic E-state index is -4.14. The van der Waals surface area contributed by atoms with Crippen LogP contribution in [-0.4, -0.2) is 28.6 Å². The van der Waals surface area contributed by atoms with Gasteiger partial charge >= 0.3 is 5.97 Å².